The topological polar surface area (TPSA) is 55.8 Å². The summed E-state index contributed by atoms with van der Waals surface area (Å²) in [7, 11) is 0. The van der Waals surface area contributed by atoms with Gasteiger partial charge in [-0.3, -0.25) is 9.59 Å². The van der Waals surface area contributed by atoms with Crippen LogP contribution >= 0.6 is 0 Å². The summed E-state index contributed by atoms with van der Waals surface area (Å²) in [4.78, 5) is 28.8. The van der Waals surface area contributed by atoms with Crippen molar-refractivity contribution in [1.82, 2.24) is 4.90 Å². The van der Waals surface area contributed by atoms with Crippen molar-refractivity contribution in [3.05, 3.63) is 77.2 Å². The molecule has 29 heavy (non-hydrogen) atoms. The normalized spacial score (nSPS) is 34.0. The molecule has 2 bridgehead atoms. The molecule has 0 radical (unpaired) electrons. The number of carbonyl (C=O) groups is 2. The van der Waals surface area contributed by atoms with E-state index in [1.54, 1.807) is 0 Å². The molecule has 5 nitrogen and oxygen atoms in total. The van der Waals surface area contributed by atoms with Crippen molar-refractivity contribution in [3.63, 3.8) is 0 Å². The molecule has 4 aliphatic heterocycles. The van der Waals surface area contributed by atoms with Gasteiger partial charge in [-0.25, -0.2) is 4.39 Å². The molecule has 4 aliphatic rings. The van der Waals surface area contributed by atoms with Crippen LogP contribution in [0.15, 0.2) is 54.7 Å². The van der Waals surface area contributed by atoms with Crippen molar-refractivity contribution >= 4 is 17.6 Å². The number of ketones is 2. The average molecular weight is 391 g/mol. The molecule has 6 heteroatoms. The lowest BCUT2D eigenvalue weighted by Crippen LogP contribution is -2.48. The molecule has 0 aromatic heterocycles. The van der Waals surface area contributed by atoms with Crippen molar-refractivity contribution in [2.45, 2.75) is 24.5 Å². The molecule has 0 saturated carbocycles. The minimum atomic E-state index is -0.846. The third kappa shape index (κ3) is 2.33. The predicted octanol–water partition coefficient (Wildman–Crippen LogP) is 2.97. The summed E-state index contributed by atoms with van der Waals surface area (Å²) in [5.74, 6) is -1.33. The first-order chi connectivity index (χ1) is 14.1. The van der Waals surface area contributed by atoms with Gasteiger partial charge in [-0.05, 0) is 41.5 Å². The van der Waals surface area contributed by atoms with E-state index in [9.17, 15) is 14.0 Å². The Balaban J connectivity index is 1.50. The number of hydrogen-bond donors (Lipinski definition) is 0. The minimum Gasteiger partial charge on any atom is -0.359 e. The summed E-state index contributed by atoms with van der Waals surface area (Å²) >= 11 is 0. The van der Waals surface area contributed by atoms with E-state index in [0.29, 0.717) is 12.2 Å². The minimum absolute atomic E-state index is 0.0988. The van der Waals surface area contributed by atoms with Crippen LogP contribution in [0.3, 0.4) is 0 Å². The number of carbonyl (C=O) groups excluding carboxylic acids is 2. The second-order valence-electron chi connectivity index (χ2n) is 8.00. The molecule has 0 N–H and O–H groups in total. The van der Waals surface area contributed by atoms with Crippen molar-refractivity contribution < 1.29 is 23.5 Å². The zero-order chi connectivity index (χ0) is 19.7. The van der Waals surface area contributed by atoms with Gasteiger partial charge in [0.2, 0.25) is 6.29 Å². The van der Waals surface area contributed by atoms with Crippen LogP contribution in [-0.4, -0.2) is 41.5 Å². The van der Waals surface area contributed by atoms with Crippen LogP contribution < -0.4 is 0 Å². The van der Waals surface area contributed by atoms with E-state index < -0.39 is 18.1 Å². The molecule has 3 saturated heterocycles. The van der Waals surface area contributed by atoms with Gasteiger partial charge in [0, 0.05) is 17.7 Å². The fourth-order valence-electron chi connectivity index (χ4n) is 5.40. The highest BCUT2D eigenvalue weighted by atomic mass is 19.1. The summed E-state index contributed by atoms with van der Waals surface area (Å²) in [6.07, 6.45) is 2.73. The molecular formula is C23H18FNO4. The Labute approximate surface area is 166 Å². The van der Waals surface area contributed by atoms with Gasteiger partial charge in [0.1, 0.15) is 5.82 Å². The first-order valence-electron chi connectivity index (χ1n) is 9.78. The van der Waals surface area contributed by atoms with E-state index in [4.69, 9.17) is 9.47 Å². The van der Waals surface area contributed by atoms with Crippen molar-refractivity contribution in [1.29, 1.82) is 0 Å². The fraction of sp³-hybridized carbons (Fsp3) is 0.304. The largest absolute Gasteiger partial charge is 0.359 e. The molecule has 146 valence electrons. The summed E-state index contributed by atoms with van der Waals surface area (Å²) in [5, 5.41) is 0. The van der Waals surface area contributed by atoms with E-state index in [-0.39, 0.29) is 35.5 Å². The predicted molar refractivity (Wildman–Crippen MR) is 101 cm³/mol. The molecule has 2 unspecified atom stereocenters. The number of ether oxygens (including phenoxy) is 2. The van der Waals surface area contributed by atoms with Crippen LogP contribution in [0.25, 0.3) is 6.08 Å². The number of halogens is 1. The maximum Gasteiger partial charge on any atom is 0.218 e. The fourth-order valence-corrected chi connectivity index (χ4v) is 5.40. The summed E-state index contributed by atoms with van der Waals surface area (Å²) in [5.41, 5.74) is 2.51. The second-order valence-corrected chi connectivity index (χ2v) is 8.00. The molecule has 2 aromatic rings. The number of rotatable bonds is 2. The number of fused-ring (bicyclic) bond motifs is 8. The summed E-state index contributed by atoms with van der Waals surface area (Å²) < 4.78 is 24.8. The Kier molecular flexibility index (Phi) is 3.58. The van der Waals surface area contributed by atoms with Crippen molar-refractivity contribution in [2.24, 2.45) is 11.8 Å². The van der Waals surface area contributed by atoms with Crippen LogP contribution in [-0.2, 0) is 14.3 Å². The molecule has 3 fully saturated rings. The molecule has 0 spiro atoms. The monoisotopic (exact) mass is 391 g/mol. The van der Waals surface area contributed by atoms with E-state index in [2.05, 4.69) is 0 Å². The van der Waals surface area contributed by atoms with Crippen LogP contribution in [0.1, 0.15) is 27.5 Å². The maximum absolute atomic E-state index is 13.6. The first kappa shape index (κ1) is 17.1. The molecule has 0 aliphatic carbocycles. The highest BCUT2D eigenvalue weighted by molar-refractivity contribution is 6.02. The van der Waals surface area contributed by atoms with Gasteiger partial charge in [0.15, 0.2) is 11.6 Å². The highest BCUT2D eigenvalue weighted by Gasteiger charge is 2.63. The van der Waals surface area contributed by atoms with Crippen molar-refractivity contribution in [2.75, 3.05) is 6.61 Å². The Morgan fingerprint density at radius 3 is 2.72 bits per heavy atom. The lowest BCUT2D eigenvalue weighted by Gasteiger charge is -2.34. The lowest BCUT2D eigenvalue weighted by molar-refractivity contribution is -0.164. The second kappa shape index (κ2) is 6.08. The van der Waals surface area contributed by atoms with Gasteiger partial charge >= 0.3 is 0 Å². The molecule has 0 amide bonds. The van der Waals surface area contributed by atoms with E-state index >= 15 is 0 Å². The summed E-state index contributed by atoms with van der Waals surface area (Å²) in [6.45, 7) is 0.302. The van der Waals surface area contributed by atoms with Crippen LogP contribution in [0.2, 0.25) is 0 Å². The van der Waals surface area contributed by atoms with Crippen LogP contribution in [0.4, 0.5) is 4.39 Å². The highest BCUT2D eigenvalue weighted by Crippen LogP contribution is 2.54. The van der Waals surface area contributed by atoms with Gasteiger partial charge in [0.25, 0.3) is 0 Å². The maximum atomic E-state index is 13.6. The van der Waals surface area contributed by atoms with Crippen molar-refractivity contribution in [3.8, 4) is 0 Å². The van der Waals surface area contributed by atoms with E-state index in [1.807, 2.05) is 41.4 Å². The zero-order valence-corrected chi connectivity index (χ0v) is 15.4. The van der Waals surface area contributed by atoms with E-state index in [1.165, 1.54) is 24.3 Å². The quantitative estimate of drug-likeness (QED) is 0.737. The Morgan fingerprint density at radius 1 is 1.10 bits per heavy atom. The molecule has 6 atom stereocenters. The Bertz CT molecular complexity index is 1050. The van der Waals surface area contributed by atoms with Gasteiger partial charge in [-0.15, -0.1) is 0 Å². The first-order valence-corrected chi connectivity index (χ1v) is 9.78. The zero-order valence-electron chi connectivity index (χ0n) is 15.4. The Morgan fingerprint density at radius 2 is 1.90 bits per heavy atom. The van der Waals surface area contributed by atoms with Crippen LogP contribution in [0.5, 0.6) is 0 Å². The van der Waals surface area contributed by atoms with E-state index in [0.717, 1.165) is 11.1 Å². The molecule has 2 aromatic carbocycles. The van der Waals surface area contributed by atoms with Crippen LogP contribution in [0, 0.1) is 17.7 Å². The van der Waals surface area contributed by atoms with Gasteiger partial charge < -0.3 is 14.4 Å². The number of benzene rings is 2. The number of nitrogens with zero attached hydrogens (tertiary/aromatic N) is 1. The average Bonchev–Trinajstić information content (AvgIpc) is 3.33. The SMILES string of the molecule is O=C1C2OCC(O2)[C@H]2[C@@H]1[C@@H]1c3ccccc3C=CN1[C@H]2C(=O)c1ccc(F)cc1. The lowest BCUT2D eigenvalue weighted by atomic mass is 9.75. The molecule has 4 heterocycles. The number of hydrogen-bond acceptors (Lipinski definition) is 5. The number of Topliss-reactive ketones (excluding diaryl/α,β-unsaturated/α-hetero) is 2. The summed E-state index contributed by atoms with van der Waals surface area (Å²) in [6, 6.07) is 12.7. The molecule has 6 rings (SSSR count). The standard InChI is InChI=1S/C23H18FNO4/c24-14-7-5-13(6-8-14)21(26)20-17-16-11-28-23(29-16)22(27)18(17)19-15-4-2-1-3-12(15)9-10-25(19)20/h1-10,16-20,23H,11H2/t16?,17-,18+,19-,20+,23?/m0/s1. The van der Waals surface area contributed by atoms with Gasteiger partial charge in [0.05, 0.1) is 30.7 Å². The van der Waals surface area contributed by atoms with Gasteiger partial charge in [-0.2, -0.15) is 0 Å². The van der Waals surface area contributed by atoms with Gasteiger partial charge in [-0.1, -0.05) is 24.3 Å². The molecular weight excluding hydrogens is 373 g/mol. The smallest absolute Gasteiger partial charge is 0.218 e. The third-order valence-corrected chi connectivity index (χ3v) is 6.60. The third-order valence-electron chi connectivity index (χ3n) is 6.60. The Hall–Kier alpha value is -2.83.